The lowest BCUT2D eigenvalue weighted by atomic mass is 10.0. The third kappa shape index (κ3) is 13.9. The largest absolute Gasteiger partial charge is 0.387 e. The van der Waals surface area contributed by atoms with Crippen LogP contribution in [0.25, 0.3) is 11.0 Å². The van der Waals surface area contributed by atoms with E-state index < -0.39 is 58.3 Å². The zero-order chi connectivity index (χ0) is 39.1. The maximum atomic E-state index is 13.0. The Morgan fingerprint density at radius 2 is 1.63 bits per heavy atom. The number of benzene rings is 1. The third-order valence-electron chi connectivity index (χ3n) is 7.58. The first-order valence-corrected chi connectivity index (χ1v) is 20.5. The van der Waals surface area contributed by atoms with Crippen molar-refractivity contribution in [3.63, 3.8) is 0 Å². The number of nitrogens with zero attached hydrogens (tertiary/aromatic N) is 4. The minimum absolute atomic E-state index is 0.0206. The van der Waals surface area contributed by atoms with Gasteiger partial charge in [0.05, 0.1) is 76.9 Å². The molecule has 0 spiro atoms. The second-order valence-corrected chi connectivity index (χ2v) is 16.0. The lowest BCUT2D eigenvalue weighted by Crippen LogP contribution is -2.33. The van der Waals surface area contributed by atoms with E-state index in [0.717, 1.165) is 10.2 Å². The number of hydrogen-bond acceptors (Lipinski definition) is 15. The van der Waals surface area contributed by atoms with E-state index in [0.29, 0.717) is 45.0 Å². The molecule has 0 saturated carbocycles. The number of ether oxygens (including phenoxy) is 5. The van der Waals surface area contributed by atoms with Crippen molar-refractivity contribution in [3.05, 3.63) is 47.4 Å². The van der Waals surface area contributed by atoms with Crippen LogP contribution in [0.5, 0.6) is 0 Å². The molecule has 298 valence electrons. The normalized spacial score (nSPS) is 20.4. The molecular weight excluding hydrogens is 778 g/mol. The SMILES string of the molecule is C#CCOCCOCCOCCOCCNC(=O)C[C@@H](Nc1nc(Cl)nc2c1cnn2[C@@H]1O[C@H](COP(=O)(O)CP(=O)(O)O)[C@@H](O)[C@H]1O)c1ccccc1. The first kappa shape index (κ1) is 43.6. The van der Waals surface area contributed by atoms with Gasteiger partial charge in [-0.1, -0.05) is 36.3 Å². The second-order valence-electron chi connectivity index (χ2n) is 11.7. The molecule has 54 heavy (non-hydrogen) atoms. The molecule has 6 atom stereocenters. The fraction of sp³-hybridized carbons (Fsp3) is 0.548. The molecule has 0 aliphatic carbocycles. The van der Waals surface area contributed by atoms with Crippen LogP contribution >= 0.6 is 26.8 Å². The van der Waals surface area contributed by atoms with E-state index in [-0.39, 0.29) is 48.8 Å². The van der Waals surface area contributed by atoms with Gasteiger partial charge in [-0.05, 0) is 17.2 Å². The van der Waals surface area contributed by atoms with Gasteiger partial charge in [0.2, 0.25) is 11.2 Å². The summed E-state index contributed by atoms with van der Waals surface area (Å²) in [6.45, 7) is 2.28. The molecule has 1 aliphatic heterocycles. The van der Waals surface area contributed by atoms with Crippen LogP contribution in [0.15, 0.2) is 36.5 Å². The van der Waals surface area contributed by atoms with Gasteiger partial charge >= 0.3 is 15.2 Å². The number of fused-ring (bicyclic) bond motifs is 1. The lowest BCUT2D eigenvalue weighted by Gasteiger charge is -2.20. The predicted octanol–water partition coefficient (Wildman–Crippen LogP) is 0.795. The van der Waals surface area contributed by atoms with E-state index in [1.54, 1.807) is 0 Å². The first-order chi connectivity index (χ1) is 25.8. The van der Waals surface area contributed by atoms with Crippen LogP contribution in [-0.4, -0.2) is 141 Å². The summed E-state index contributed by atoms with van der Waals surface area (Å²) in [5, 5.41) is 31.8. The van der Waals surface area contributed by atoms with E-state index in [4.69, 9.17) is 56.0 Å². The van der Waals surface area contributed by atoms with Crippen molar-refractivity contribution < 1.29 is 67.0 Å². The van der Waals surface area contributed by atoms with E-state index in [1.165, 1.54) is 6.20 Å². The highest BCUT2D eigenvalue weighted by Crippen LogP contribution is 2.55. The number of carbonyl (C=O) groups is 1. The minimum atomic E-state index is -4.90. The Bertz CT molecular complexity index is 1780. The molecule has 0 bridgehead atoms. The first-order valence-electron chi connectivity index (χ1n) is 16.5. The molecule has 1 amide bonds. The number of carbonyl (C=O) groups excluding carboxylic acids is 1. The number of halogens is 1. The molecule has 23 heteroatoms. The summed E-state index contributed by atoms with van der Waals surface area (Å²) in [5.74, 6) is 0.834. The number of aromatic nitrogens is 4. The van der Waals surface area contributed by atoms with Gasteiger partial charge in [-0.2, -0.15) is 15.1 Å². The number of nitrogens with one attached hydrogen (secondary N) is 2. The fourth-order valence-electron chi connectivity index (χ4n) is 5.14. The summed E-state index contributed by atoms with van der Waals surface area (Å²) in [4.78, 5) is 49.4. The Hall–Kier alpha value is -3.09. The van der Waals surface area contributed by atoms with Crippen molar-refractivity contribution in [3.8, 4) is 12.3 Å². The number of aliphatic hydroxyl groups is 2. The highest BCUT2D eigenvalue weighted by Gasteiger charge is 2.46. The molecule has 1 aliphatic rings. The van der Waals surface area contributed by atoms with Gasteiger partial charge in [0.25, 0.3) is 0 Å². The summed E-state index contributed by atoms with van der Waals surface area (Å²) in [7, 11) is -9.66. The Balaban J connectivity index is 1.32. The van der Waals surface area contributed by atoms with Gasteiger partial charge in [0, 0.05) is 6.54 Å². The molecule has 3 aromatic rings. The maximum absolute atomic E-state index is 13.0. The molecule has 0 radical (unpaired) electrons. The zero-order valence-electron chi connectivity index (χ0n) is 28.9. The van der Waals surface area contributed by atoms with E-state index in [9.17, 15) is 29.0 Å². The number of aliphatic hydroxyl groups excluding tert-OH is 2. The van der Waals surface area contributed by atoms with Crippen LogP contribution < -0.4 is 10.6 Å². The maximum Gasteiger partial charge on any atom is 0.340 e. The zero-order valence-corrected chi connectivity index (χ0v) is 31.4. The van der Waals surface area contributed by atoms with Gasteiger partial charge in [-0.3, -0.25) is 13.9 Å². The van der Waals surface area contributed by atoms with Crippen LogP contribution in [0.4, 0.5) is 5.82 Å². The van der Waals surface area contributed by atoms with Crippen LogP contribution in [0.3, 0.4) is 0 Å². The molecule has 4 rings (SSSR count). The van der Waals surface area contributed by atoms with Gasteiger partial charge in [-0.25, -0.2) is 4.68 Å². The standard InChI is InChI=1S/C31H43ClN6O14P2/c1-2-9-47-11-13-49-15-16-50-14-12-48-10-8-33-25(39)17-23(21-6-4-3-5-7-21)35-28-22-18-34-38(29(22)37-31(32)36-28)30-27(41)26(40)24(52-30)19-51-54(45,46)20-53(42,43)44/h1,3-7,18,23-24,26-27,30,40-41H,8-17,19-20H2,(H,33,39)(H,45,46)(H,35,36,37)(H2,42,43,44)/t23-,24-,26-,27-,30-/m1/s1. The second kappa shape index (κ2) is 21.3. The van der Waals surface area contributed by atoms with Gasteiger partial charge in [0.15, 0.2) is 17.8 Å². The highest BCUT2D eigenvalue weighted by atomic mass is 35.5. The average molecular weight is 821 g/mol. The Kier molecular flexibility index (Phi) is 17.2. The number of terminal acetylenes is 1. The van der Waals surface area contributed by atoms with Crippen LogP contribution in [-0.2, 0) is 42.1 Å². The topological polar surface area (TPSA) is 275 Å². The van der Waals surface area contributed by atoms with E-state index in [1.807, 2.05) is 30.3 Å². The molecule has 3 heterocycles. The lowest BCUT2D eigenvalue weighted by molar-refractivity contribution is -0.121. The molecule has 7 N–H and O–H groups in total. The van der Waals surface area contributed by atoms with Crippen molar-refractivity contribution in [2.75, 3.05) is 77.2 Å². The monoisotopic (exact) mass is 820 g/mol. The quantitative estimate of drug-likeness (QED) is 0.0285. The van der Waals surface area contributed by atoms with Crippen LogP contribution in [0.1, 0.15) is 24.3 Å². The van der Waals surface area contributed by atoms with Crippen LogP contribution in [0, 0.1) is 12.3 Å². The summed E-state index contributed by atoms with van der Waals surface area (Å²) in [6.07, 6.45) is 0.361. The summed E-state index contributed by atoms with van der Waals surface area (Å²) < 4.78 is 56.3. The fourth-order valence-corrected chi connectivity index (χ4v) is 7.87. The van der Waals surface area contributed by atoms with Crippen molar-refractivity contribution in [1.82, 2.24) is 25.1 Å². The Labute approximate surface area is 315 Å². The third-order valence-corrected chi connectivity index (χ3v) is 11.2. The van der Waals surface area contributed by atoms with Crippen molar-refractivity contribution >= 4 is 49.6 Å². The van der Waals surface area contributed by atoms with Crippen molar-refractivity contribution in [2.24, 2.45) is 0 Å². The molecule has 2 aromatic heterocycles. The molecular formula is C31H43ClN6O14P2. The molecule has 20 nitrogen and oxygen atoms in total. The van der Waals surface area contributed by atoms with Gasteiger partial charge < -0.3 is 63.7 Å². The summed E-state index contributed by atoms with van der Waals surface area (Å²) >= 11 is 6.30. The molecule has 1 saturated heterocycles. The van der Waals surface area contributed by atoms with Crippen LogP contribution in [0.2, 0.25) is 5.28 Å². The molecule has 1 aromatic carbocycles. The van der Waals surface area contributed by atoms with Gasteiger partial charge in [0.1, 0.15) is 30.7 Å². The predicted molar refractivity (Wildman–Crippen MR) is 191 cm³/mol. The van der Waals surface area contributed by atoms with Gasteiger partial charge in [-0.15, -0.1) is 6.42 Å². The number of rotatable bonds is 24. The minimum Gasteiger partial charge on any atom is -0.387 e. The van der Waals surface area contributed by atoms with Crippen molar-refractivity contribution in [2.45, 2.75) is 37.0 Å². The summed E-state index contributed by atoms with van der Waals surface area (Å²) in [6, 6.07) is 8.49. The van der Waals surface area contributed by atoms with E-state index in [2.05, 4.69) is 31.6 Å². The molecule has 1 fully saturated rings. The highest BCUT2D eigenvalue weighted by molar-refractivity contribution is 7.70. The average Bonchev–Trinajstić information content (AvgIpc) is 3.66. The Morgan fingerprint density at radius 1 is 0.981 bits per heavy atom. The summed E-state index contributed by atoms with van der Waals surface area (Å²) in [5.41, 5.74) is 0.820. The molecule has 1 unspecified atom stereocenters. The van der Waals surface area contributed by atoms with E-state index >= 15 is 0 Å². The number of amides is 1. The van der Waals surface area contributed by atoms with Crippen molar-refractivity contribution in [1.29, 1.82) is 0 Å². The Morgan fingerprint density at radius 3 is 2.28 bits per heavy atom. The number of hydrogen-bond donors (Lipinski definition) is 7. The number of anilines is 1. The smallest absolute Gasteiger partial charge is 0.340 e.